The van der Waals surface area contributed by atoms with Gasteiger partial charge in [0.05, 0.1) is 6.61 Å². The Morgan fingerprint density at radius 1 is 1.18 bits per heavy atom. The largest absolute Gasteiger partial charge is 0.493 e. The predicted octanol–water partition coefficient (Wildman–Crippen LogP) is 2.79. The molecule has 0 spiro atoms. The quantitative estimate of drug-likeness (QED) is 0.770. The van der Waals surface area contributed by atoms with Gasteiger partial charge in [-0.25, -0.2) is 4.39 Å². The lowest BCUT2D eigenvalue weighted by Gasteiger charge is -2.32. The van der Waals surface area contributed by atoms with Crippen LogP contribution in [0.3, 0.4) is 0 Å². The van der Waals surface area contributed by atoms with Gasteiger partial charge in [-0.2, -0.15) is 0 Å². The minimum absolute atomic E-state index is 0.200. The Hall–Kier alpha value is -1.13. The molecule has 0 aromatic heterocycles. The fraction of sp³-hybridized carbons (Fsp3) is 0.667. The van der Waals surface area contributed by atoms with Crippen molar-refractivity contribution in [3.8, 4) is 5.75 Å². The van der Waals surface area contributed by atoms with E-state index in [9.17, 15) is 4.39 Å². The number of piperazine rings is 1. The molecular weight excluding hydrogens is 279 g/mol. The van der Waals surface area contributed by atoms with E-state index in [0.29, 0.717) is 5.92 Å². The molecule has 1 aliphatic heterocycles. The third-order valence-electron chi connectivity index (χ3n) is 4.72. The Kier molecular flexibility index (Phi) is 5.32. The SMILES string of the molecule is CN1CCN(CCCc2ccc(F)cc2OCC2CC2)CC1. The first-order valence-corrected chi connectivity index (χ1v) is 8.53. The van der Waals surface area contributed by atoms with Gasteiger partial charge in [-0.15, -0.1) is 0 Å². The Morgan fingerprint density at radius 2 is 1.95 bits per heavy atom. The fourth-order valence-corrected chi connectivity index (χ4v) is 2.93. The topological polar surface area (TPSA) is 15.7 Å². The van der Waals surface area contributed by atoms with E-state index in [1.54, 1.807) is 12.1 Å². The molecule has 22 heavy (non-hydrogen) atoms. The highest BCUT2D eigenvalue weighted by atomic mass is 19.1. The minimum Gasteiger partial charge on any atom is -0.493 e. The van der Waals surface area contributed by atoms with Gasteiger partial charge < -0.3 is 14.5 Å². The van der Waals surface area contributed by atoms with Crippen LogP contribution >= 0.6 is 0 Å². The van der Waals surface area contributed by atoms with E-state index in [-0.39, 0.29) is 5.82 Å². The molecule has 0 atom stereocenters. The standard InChI is InChI=1S/C18H27FN2O/c1-20-9-11-21(12-10-20)8-2-3-16-6-7-17(19)13-18(16)22-14-15-4-5-15/h6-7,13,15H,2-5,8-12,14H2,1H3. The Morgan fingerprint density at radius 3 is 2.68 bits per heavy atom. The number of likely N-dealkylation sites (N-methyl/N-ethyl adjacent to an activating group) is 1. The summed E-state index contributed by atoms with van der Waals surface area (Å²) in [6.07, 6.45) is 4.59. The number of ether oxygens (including phenoxy) is 1. The number of aryl methyl sites for hydroxylation is 1. The average molecular weight is 306 g/mol. The van der Waals surface area contributed by atoms with Gasteiger partial charge >= 0.3 is 0 Å². The second-order valence-electron chi connectivity index (χ2n) is 6.75. The van der Waals surface area contributed by atoms with Gasteiger partial charge in [0.25, 0.3) is 0 Å². The summed E-state index contributed by atoms with van der Waals surface area (Å²) in [6, 6.07) is 4.99. The smallest absolute Gasteiger partial charge is 0.126 e. The van der Waals surface area contributed by atoms with E-state index in [2.05, 4.69) is 16.8 Å². The van der Waals surface area contributed by atoms with Crippen molar-refractivity contribution in [1.29, 1.82) is 0 Å². The summed E-state index contributed by atoms with van der Waals surface area (Å²) >= 11 is 0. The van der Waals surface area contributed by atoms with Crippen LogP contribution in [0.4, 0.5) is 4.39 Å². The second-order valence-corrected chi connectivity index (χ2v) is 6.75. The first kappa shape index (κ1) is 15.8. The number of hydrogen-bond donors (Lipinski definition) is 0. The van der Waals surface area contributed by atoms with Gasteiger partial charge in [0.1, 0.15) is 11.6 Å². The molecule has 1 saturated carbocycles. The van der Waals surface area contributed by atoms with Gasteiger partial charge in [0, 0.05) is 32.2 Å². The summed E-state index contributed by atoms with van der Waals surface area (Å²) in [5.41, 5.74) is 1.15. The Labute approximate surface area is 133 Å². The maximum Gasteiger partial charge on any atom is 0.126 e. The van der Waals surface area contributed by atoms with Crippen LogP contribution in [0.2, 0.25) is 0 Å². The lowest BCUT2D eigenvalue weighted by Crippen LogP contribution is -2.44. The molecule has 0 N–H and O–H groups in total. The van der Waals surface area contributed by atoms with E-state index in [0.717, 1.165) is 63.5 Å². The summed E-state index contributed by atoms with van der Waals surface area (Å²) in [7, 11) is 2.18. The summed E-state index contributed by atoms with van der Waals surface area (Å²) < 4.78 is 19.3. The molecular formula is C18H27FN2O. The maximum absolute atomic E-state index is 13.4. The van der Waals surface area contributed by atoms with Crippen molar-refractivity contribution >= 4 is 0 Å². The van der Waals surface area contributed by atoms with Crippen LogP contribution in [0, 0.1) is 11.7 Å². The molecule has 1 aromatic rings. The van der Waals surface area contributed by atoms with Crippen LogP contribution in [0.1, 0.15) is 24.8 Å². The summed E-state index contributed by atoms with van der Waals surface area (Å²) in [5, 5.41) is 0. The van der Waals surface area contributed by atoms with Gasteiger partial charge in [-0.1, -0.05) is 6.07 Å². The zero-order valence-corrected chi connectivity index (χ0v) is 13.6. The summed E-state index contributed by atoms with van der Waals surface area (Å²) in [5.74, 6) is 1.25. The van der Waals surface area contributed by atoms with E-state index >= 15 is 0 Å². The second kappa shape index (κ2) is 7.42. The van der Waals surface area contributed by atoms with Gasteiger partial charge in [0.2, 0.25) is 0 Å². The molecule has 0 bridgehead atoms. The molecule has 1 saturated heterocycles. The van der Waals surface area contributed by atoms with Crippen LogP contribution in [0.25, 0.3) is 0 Å². The highest BCUT2D eigenvalue weighted by Gasteiger charge is 2.22. The van der Waals surface area contributed by atoms with Gasteiger partial charge in [-0.05, 0) is 56.8 Å². The lowest BCUT2D eigenvalue weighted by atomic mass is 10.1. The first-order chi connectivity index (χ1) is 10.7. The molecule has 1 heterocycles. The monoisotopic (exact) mass is 306 g/mol. The molecule has 2 fully saturated rings. The van der Waals surface area contributed by atoms with E-state index in [1.807, 2.05) is 6.07 Å². The third kappa shape index (κ3) is 4.68. The molecule has 2 aliphatic rings. The lowest BCUT2D eigenvalue weighted by molar-refractivity contribution is 0.153. The van der Waals surface area contributed by atoms with E-state index < -0.39 is 0 Å². The summed E-state index contributed by atoms with van der Waals surface area (Å²) in [6.45, 7) is 6.50. The van der Waals surface area contributed by atoms with Crippen LogP contribution in [0.5, 0.6) is 5.75 Å². The Balaban J connectivity index is 1.48. The van der Waals surface area contributed by atoms with Gasteiger partial charge in [-0.3, -0.25) is 0 Å². The number of benzene rings is 1. The van der Waals surface area contributed by atoms with Crippen molar-refractivity contribution in [2.24, 2.45) is 5.92 Å². The van der Waals surface area contributed by atoms with Crippen LogP contribution in [-0.4, -0.2) is 56.2 Å². The number of nitrogens with zero attached hydrogens (tertiary/aromatic N) is 2. The van der Waals surface area contributed by atoms with Crippen molar-refractivity contribution in [3.05, 3.63) is 29.6 Å². The zero-order valence-electron chi connectivity index (χ0n) is 13.6. The number of hydrogen-bond acceptors (Lipinski definition) is 3. The van der Waals surface area contributed by atoms with Crippen molar-refractivity contribution in [2.75, 3.05) is 46.4 Å². The summed E-state index contributed by atoms with van der Waals surface area (Å²) in [4.78, 5) is 4.90. The normalized spacial score (nSPS) is 20.3. The molecule has 0 unspecified atom stereocenters. The molecule has 0 radical (unpaired) electrons. The first-order valence-electron chi connectivity index (χ1n) is 8.53. The number of halogens is 1. The average Bonchev–Trinajstić information content (AvgIpc) is 3.33. The van der Waals surface area contributed by atoms with Crippen LogP contribution in [0.15, 0.2) is 18.2 Å². The maximum atomic E-state index is 13.4. The van der Waals surface area contributed by atoms with E-state index in [4.69, 9.17) is 4.74 Å². The molecule has 4 heteroatoms. The van der Waals surface area contributed by atoms with Crippen molar-refractivity contribution in [3.63, 3.8) is 0 Å². The number of rotatable bonds is 7. The molecule has 1 aliphatic carbocycles. The van der Waals surface area contributed by atoms with Crippen LogP contribution in [-0.2, 0) is 6.42 Å². The molecule has 1 aromatic carbocycles. The molecule has 3 rings (SSSR count). The highest BCUT2D eigenvalue weighted by molar-refractivity contribution is 5.34. The molecule has 122 valence electrons. The highest BCUT2D eigenvalue weighted by Crippen LogP contribution is 2.31. The minimum atomic E-state index is -0.200. The predicted molar refractivity (Wildman–Crippen MR) is 86.9 cm³/mol. The Bertz CT molecular complexity index is 482. The fourth-order valence-electron chi connectivity index (χ4n) is 2.93. The van der Waals surface area contributed by atoms with E-state index in [1.165, 1.54) is 12.8 Å². The molecule has 0 amide bonds. The zero-order chi connectivity index (χ0) is 15.4. The van der Waals surface area contributed by atoms with Gasteiger partial charge in [0.15, 0.2) is 0 Å². The molecule has 3 nitrogen and oxygen atoms in total. The van der Waals surface area contributed by atoms with Crippen LogP contribution < -0.4 is 4.74 Å². The van der Waals surface area contributed by atoms with Crippen molar-refractivity contribution in [2.45, 2.75) is 25.7 Å². The van der Waals surface area contributed by atoms with Crippen molar-refractivity contribution < 1.29 is 9.13 Å². The third-order valence-corrected chi connectivity index (χ3v) is 4.72. The van der Waals surface area contributed by atoms with Crippen molar-refractivity contribution in [1.82, 2.24) is 9.80 Å².